The minimum absolute atomic E-state index is 0. The van der Waals surface area contributed by atoms with Crippen molar-refractivity contribution in [2.24, 2.45) is 11.7 Å². The van der Waals surface area contributed by atoms with Crippen LogP contribution in [0.25, 0.3) is 0 Å². The number of nitrogens with two attached hydrogens (primary N) is 1. The average molecular weight is 304 g/mol. The lowest BCUT2D eigenvalue weighted by Gasteiger charge is -2.17. The van der Waals surface area contributed by atoms with Crippen molar-refractivity contribution in [1.29, 1.82) is 0 Å². The highest BCUT2D eigenvalue weighted by atomic mass is 35.5. The van der Waals surface area contributed by atoms with Crippen LogP contribution in [-0.2, 0) is 0 Å². The third kappa shape index (κ3) is 3.94. The molecule has 0 aliphatic carbocycles. The molecule has 0 saturated heterocycles. The molecule has 0 aromatic carbocycles. The maximum atomic E-state index is 6.02. The summed E-state index contributed by atoms with van der Waals surface area (Å²) >= 11 is 17.8. The Labute approximate surface area is 117 Å². The lowest BCUT2D eigenvalue weighted by Crippen LogP contribution is -2.14. The number of hydrogen-bond donors (Lipinski definition) is 1. The predicted molar refractivity (Wildman–Crippen MR) is 72.9 cm³/mol. The Morgan fingerprint density at radius 2 is 1.88 bits per heavy atom. The van der Waals surface area contributed by atoms with Crippen LogP contribution in [0.3, 0.4) is 0 Å². The molecule has 0 fully saturated rings. The van der Waals surface area contributed by atoms with Crippen molar-refractivity contribution in [3.05, 3.63) is 27.0 Å². The SMILES string of the molecule is CC(C)C[C@H](N)c1c(Cl)cnc(Cl)c1Cl.Cl. The fourth-order valence-corrected chi connectivity index (χ4v) is 2.19. The van der Waals surface area contributed by atoms with Crippen LogP contribution in [-0.4, -0.2) is 4.98 Å². The molecule has 1 aromatic heterocycles. The summed E-state index contributed by atoms with van der Waals surface area (Å²) in [6, 6.07) is -0.203. The van der Waals surface area contributed by atoms with E-state index in [9.17, 15) is 0 Å². The van der Waals surface area contributed by atoms with E-state index in [2.05, 4.69) is 18.8 Å². The van der Waals surface area contributed by atoms with Crippen molar-refractivity contribution in [2.45, 2.75) is 26.3 Å². The fourth-order valence-electron chi connectivity index (χ4n) is 1.42. The first-order valence-electron chi connectivity index (χ1n) is 4.68. The highest BCUT2D eigenvalue weighted by molar-refractivity contribution is 6.43. The van der Waals surface area contributed by atoms with Gasteiger partial charge in [0.1, 0.15) is 5.15 Å². The number of aromatic nitrogens is 1. The lowest BCUT2D eigenvalue weighted by molar-refractivity contribution is 0.510. The van der Waals surface area contributed by atoms with Crippen LogP contribution >= 0.6 is 47.2 Å². The predicted octanol–water partition coefficient (Wildman–Crippen LogP) is 4.51. The van der Waals surface area contributed by atoms with Gasteiger partial charge in [-0.05, 0) is 12.3 Å². The summed E-state index contributed by atoms with van der Waals surface area (Å²) < 4.78 is 0. The quantitative estimate of drug-likeness (QED) is 0.834. The molecule has 1 rings (SSSR count). The summed E-state index contributed by atoms with van der Waals surface area (Å²) in [4.78, 5) is 3.85. The van der Waals surface area contributed by atoms with Gasteiger partial charge in [-0.2, -0.15) is 0 Å². The number of hydrogen-bond acceptors (Lipinski definition) is 2. The van der Waals surface area contributed by atoms with Crippen molar-refractivity contribution in [2.75, 3.05) is 0 Å². The van der Waals surface area contributed by atoms with Crippen molar-refractivity contribution < 1.29 is 0 Å². The second kappa shape index (κ2) is 6.87. The number of nitrogens with zero attached hydrogens (tertiary/aromatic N) is 1. The normalized spacial score (nSPS) is 12.4. The van der Waals surface area contributed by atoms with Crippen LogP contribution in [0, 0.1) is 5.92 Å². The first-order chi connectivity index (χ1) is 6.93. The molecule has 6 heteroatoms. The highest BCUT2D eigenvalue weighted by Gasteiger charge is 2.18. The topological polar surface area (TPSA) is 38.9 Å². The van der Waals surface area contributed by atoms with Crippen LogP contribution in [0.4, 0.5) is 0 Å². The molecule has 1 aromatic rings. The van der Waals surface area contributed by atoms with Gasteiger partial charge in [0.05, 0.1) is 10.0 Å². The van der Waals surface area contributed by atoms with Gasteiger partial charge in [-0.3, -0.25) is 0 Å². The standard InChI is InChI=1S/C10H13Cl3N2.ClH/c1-5(2)3-7(14)8-6(11)4-15-10(13)9(8)12;/h4-5,7H,3,14H2,1-2H3;1H/t7-;/m0./s1. The largest absolute Gasteiger partial charge is 0.324 e. The van der Waals surface area contributed by atoms with Gasteiger partial charge in [0.15, 0.2) is 0 Å². The zero-order chi connectivity index (χ0) is 11.6. The number of pyridine rings is 1. The van der Waals surface area contributed by atoms with E-state index in [1.807, 2.05) is 0 Å². The molecule has 0 aliphatic rings. The summed E-state index contributed by atoms with van der Waals surface area (Å²) in [5, 5.41) is 1.07. The highest BCUT2D eigenvalue weighted by Crippen LogP contribution is 2.35. The van der Waals surface area contributed by atoms with Gasteiger partial charge < -0.3 is 5.73 Å². The molecule has 16 heavy (non-hydrogen) atoms. The molecule has 0 aliphatic heterocycles. The monoisotopic (exact) mass is 302 g/mol. The Balaban J connectivity index is 0.00000225. The van der Waals surface area contributed by atoms with E-state index in [0.29, 0.717) is 21.5 Å². The summed E-state index contributed by atoms with van der Waals surface area (Å²) in [5.74, 6) is 0.471. The molecule has 0 saturated carbocycles. The molecule has 0 amide bonds. The molecular formula is C10H14Cl4N2. The smallest absolute Gasteiger partial charge is 0.148 e. The van der Waals surface area contributed by atoms with E-state index in [1.165, 1.54) is 6.20 Å². The zero-order valence-corrected chi connectivity index (χ0v) is 12.1. The number of halogens is 4. The maximum absolute atomic E-state index is 6.02. The Kier molecular flexibility index (Phi) is 6.99. The van der Waals surface area contributed by atoms with Crippen molar-refractivity contribution in [3.8, 4) is 0 Å². The molecule has 1 atom stereocenters. The van der Waals surface area contributed by atoms with Crippen molar-refractivity contribution in [3.63, 3.8) is 0 Å². The van der Waals surface area contributed by atoms with Gasteiger partial charge in [-0.25, -0.2) is 4.98 Å². The lowest BCUT2D eigenvalue weighted by atomic mass is 9.98. The van der Waals surface area contributed by atoms with Gasteiger partial charge in [0, 0.05) is 17.8 Å². The van der Waals surface area contributed by atoms with E-state index in [-0.39, 0.29) is 23.6 Å². The van der Waals surface area contributed by atoms with Crippen LogP contribution < -0.4 is 5.73 Å². The van der Waals surface area contributed by atoms with Gasteiger partial charge in [-0.15, -0.1) is 12.4 Å². The minimum atomic E-state index is -0.203. The molecular weight excluding hydrogens is 290 g/mol. The van der Waals surface area contributed by atoms with Crippen LogP contribution in [0.5, 0.6) is 0 Å². The van der Waals surface area contributed by atoms with E-state index in [4.69, 9.17) is 40.5 Å². The first-order valence-corrected chi connectivity index (χ1v) is 5.81. The molecule has 2 N–H and O–H groups in total. The van der Waals surface area contributed by atoms with Crippen LogP contribution in [0.15, 0.2) is 6.20 Å². The van der Waals surface area contributed by atoms with Crippen LogP contribution in [0.2, 0.25) is 15.2 Å². The summed E-state index contributed by atoms with van der Waals surface area (Å²) in [7, 11) is 0. The maximum Gasteiger partial charge on any atom is 0.148 e. The fraction of sp³-hybridized carbons (Fsp3) is 0.500. The second-order valence-corrected chi connectivity index (χ2v) is 5.00. The summed E-state index contributed by atoms with van der Waals surface area (Å²) in [5.41, 5.74) is 6.70. The van der Waals surface area contributed by atoms with E-state index >= 15 is 0 Å². The summed E-state index contributed by atoms with van der Waals surface area (Å²) in [6.45, 7) is 4.18. The average Bonchev–Trinajstić information content (AvgIpc) is 2.11. The van der Waals surface area contributed by atoms with Crippen molar-refractivity contribution >= 4 is 47.2 Å². The van der Waals surface area contributed by atoms with Crippen LogP contribution in [0.1, 0.15) is 31.9 Å². The van der Waals surface area contributed by atoms with E-state index in [1.54, 1.807) is 0 Å². The zero-order valence-electron chi connectivity index (χ0n) is 9.01. The molecule has 0 bridgehead atoms. The Bertz CT molecular complexity index is 355. The first kappa shape index (κ1) is 16.3. The molecule has 0 unspecified atom stereocenters. The molecule has 0 spiro atoms. The van der Waals surface area contributed by atoms with E-state index < -0.39 is 0 Å². The Morgan fingerprint density at radius 3 is 2.38 bits per heavy atom. The van der Waals surface area contributed by atoms with Gasteiger partial charge >= 0.3 is 0 Å². The minimum Gasteiger partial charge on any atom is -0.324 e. The molecule has 2 nitrogen and oxygen atoms in total. The Morgan fingerprint density at radius 1 is 1.31 bits per heavy atom. The van der Waals surface area contributed by atoms with Gasteiger partial charge in [-0.1, -0.05) is 48.7 Å². The van der Waals surface area contributed by atoms with E-state index in [0.717, 1.165) is 6.42 Å². The second-order valence-electron chi connectivity index (χ2n) is 3.86. The molecule has 0 radical (unpaired) electrons. The van der Waals surface area contributed by atoms with Gasteiger partial charge in [0.2, 0.25) is 0 Å². The third-order valence-electron chi connectivity index (χ3n) is 2.06. The molecule has 1 heterocycles. The number of rotatable bonds is 3. The summed E-state index contributed by atoms with van der Waals surface area (Å²) in [6.07, 6.45) is 2.28. The van der Waals surface area contributed by atoms with Gasteiger partial charge in [0.25, 0.3) is 0 Å². The molecule has 92 valence electrons. The third-order valence-corrected chi connectivity index (χ3v) is 3.13. The Hall–Kier alpha value is 0.270. The van der Waals surface area contributed by atoms with Crippen molar-refractivity contribution in [1.82, 2.24) is 4.98 Å².